The molecule has 1 heterocycles. The molecule has 5 heteroatoms. The highest BCUT2D eigenvalue weighted by Gasteiger charge is 2.32. The first kappa shape index (κ1) is 9.92. The zero-order chi connectivity index (χ0) is 11.0. The van der Waals surface area contributed by atoms with Crippen molar-refractivity contribution in [2.24, 2.45) is 11.5 Å². The average molecular weight is 210 g/mol. The molecule has 80 valence electrons. The minimum Gasteiger partial charge on any atom is -0.476 e. The van der Waals surface area contributed by atoms with Crippen molar-refractivity contribution in [3.05, 3.63) is 29.6 Å². The highest BCUT2D eigenvalue weighted by Crippen LogP contribution is 2.29. The molecule has 0 fully saturated rings. The summed E-state index contributed by atoms with van der Waals surface area (Å²) in [7, 11) is 0. The van der Waals surface area contributed by atoms with Crippen molar-refractivity contribution >= 4 is 5.91 Å². The molecule has 1 aromatic carbocycles. The number of hydrogen-bond donors (Lipinski definition) is 2. The molecule has 1 aliphatic heterocycles. The predicted octanol–water partition coefficient (Wildman–Crippen LogP) is -0.0582. The van der Waals surface area contributed by atoms with Crippen LogP contribution in [0.15, 0.2) is 18.2 Å². The van der Waals surface area contributed by atoms with Gasteiger partial charge in [-0.3, -0.25) is 4.79 Å². The number of nitrogens with two attached hydrogens (primary N) is 2. The lowest BCUT2D eigenvalue weighted by molar-refractivity contribution is -0.126. The number of halogens is 1. The van der Waals surface area contributed by atoms with Gasteiger partial charge in [0.05, 0.1) is 6.04 Å². The van der Waals surface area contributed by atoms with Gasteiger partial charge in [-0.1, -0.05) is 12.1 Å². The van der Waals surface area contributed by atoms with Crippen LogP contribution in [0.25, 0.3) is 0 Å². The van der Waals surface area contributed by atoms with Crippen molar-refractivity contribution in [2.45, 2.75) is 18.6 Å². The smallest absolute Gasteiger partial charge is 0.260 e. The summed E-state index contributed by atoms with van der Waals surface area (Å²) in [4.78, 5) is 11.0. The molecular formula is C10H11FN2O2. The number of ether oxygens (including phenoxy) is 1. The monoisotopic (exact) mass is 210 g/mol. The van der Waals surface area contributed by atoms with Gasteiger partial charge in [-0.2, -0.15) is 0 Å². The van der Waals surface area contributed by atoms with Crippen LogP contribution in [0.5, 0.6) is 5.75 Å². The van der Waals surface area contributed by atoms with Crippen LogP contribution in [0.3, 0.4) is 0 Å². The molecule has 0 saturated heterocycles. The summed E-state index contributed by atoms with van der Waals surface area (Å²) in [6.07, 6.45) is -0.560. The summed E-state index contributed by atoms with van der Waals surface area (Å²) >= 11 is 0. The molecule has 15 heavy (non-hydrogen) atoms. The molecule has 0 aromatic heterocycles. The van der Waals surface area contributed by atoms with Gasteiger partial charge in [0.15, 0.2) is 17.7 Å². The van der Waals surface area contributed by atoms with Crippen LogP contribution in [-0.2, 0) is 11.2 Å². The SMILES string of the molecule is NC(=O)C1Oc2c(F)cccc2CC1N. The molecule has 2 unspecified atom stereocenters. The zero-order valence-corrected chi connectivity index (χ0v) is 7.94. The van der Waals surface area contributed by atoms with E-state index in [-0.39, 0.29) is 5.75 Å². The van der Waals surface area contributed by atoms with Crippen molar-refractivity contribution in [3.8, 4) is 5.75 Å². The maximum Gasteiger partial charge on any atom is 0.260 e. The summed E-state index contributed by atoms with van der Waals surface area (Å²) in [6.45, 7) is 0. The topological polar surface area (TPSA) is 78.3 Å². The first-order chi connectivity index (χ1) is 7.09. The maximum absolute atomic E-state index is 13.3. The van der Waals surface area contributed by atoms with E-state index in [9.17, 15) is 9.18 Å². The van der Waals surface area contributed by atoms with Crippen molar-refractivity contribution in [1.29, 1.82) is 0 Å². The fourth-order valence-electron chi connectivity index (χ4n) is 1.69. The van der Waals surface area contributed by atoms with Crippen LogP contribution < -0.4 is 16.2 Å². The Kier molecular flexibility index (Phi) is 2.32. The molecule has 1 aliphatic rings. The molecular weight excluding hydrogens is 199 g/mol. The Bertz CT molecular complexity index is 408. The maximum atomic E-state index is 13.3. The van der Waals surface area contributed by atoms with Gasteiger partial charge in [0.1, 0.15) is 0 Å². The number of fused-ring (bicyclic) bond motifs is 1. The largest absolute Gasteiger partial charge is 0.476 e. The van der Waals surface area contributed by atoms with E-state index in [0.29, 0.717) is 12.0 Å². The van der Waals surface area contributed by atoms with Crippen LogP contribution in [0.4, 0.5) is 4.39 Å². The van der Waals surface area contributed by atoms with E-state index in [1.54, 1.807) is 12.1 Å². The standard InChI is InChI=1S/C10H11FN2O2/c11-6-3-1-2-5-4-7(12)9(10(13)14)15-8(5)6/h1-3,7,9H,4,12H2,(H2,13,14). The molecule has 1 aromatic rings. The summed E-state index contributed by atoms with van der Waals surface area (Å²) in [5.41, 5.74) is 11.5. The lowest BCUT2D eigenvalue weighted by Crippen LogP contribution is -2.51. The van der Waals surface area contributed by atoms with E-state index in [4.69, 9.17) is 16.2 Å². The number of primary amides is 1. The lowest BCUT2D eigenvalue weighted by atomic mass is 9.97. The summed E-state index contributed by atoms with van der Waals surface area (Å²) in [5.74, 6) is -1.08. The summed E-state index contributed by atoms with van der Waals surface area (Å²) in [5, 5.41) is 0. The molecule has 2 atom stereocenters. The minimum atomic E-state index is -0.950. The second kappa shape index (κ2) is 3.51. The molecule has 4 N–H and O–H groups in total. The van der Waals surface area contributed by atoms with Gasteiger partial charge in [-0.05, 0) is 18.1 Å². The number of hydrogen-bond acceptors (Lipinski definition) is 3. The average Bonchev–Trinajstić information content (AvgIpc) is 2.16. The summed E-state index contributed by atoms with van der Waals surface area (Å²) < 4.78 is 18.5. The van der Waals surface area contributed by atoms with Gasteiger partial charge in [-0.25, -0.2) is 4.39 Å². The Hall–Kier alpha value is -1.62. The molecule has 0 bridgehead atoms. The van der Waals surface area contributed by atoms with E-state index < -0.39 is 23.9 Å². The molecule has 4 nitrogen and oxygen atoms in total. The lowest BCUT2D eigenvalue weighted by Gasteiger charge is -2.29. The zero-order valence-electron chi connectivity index (χ0n) is 7.94. The fourth-order valence-corrected chi connectivity index (χ4v) is 1.69. The van der Waals surface area contributed by atoms with Crippen LogP contribution in [0.1, 0.15) is 5.56 Å². The third-order valence-electron chi connectivity index (χ3n) is 2.42. The second-order valence-electron chi connectivity index (χ2n) is 3.54. The molecule has 0 radical (unpaired) electrons. The summed E-state index contributed by atoms with van der Waals surface area (Å²) in [6, 6.07) is 4.05. The minimum absolute atomic E-state index is 0.0861. The van der Waals surface area contributed by atoms with Crippen molar-refractivity contribution < 1.29 is 13.9 Å². The van der Waals surface area contributed by atoms with Gasteiger partial charge in [0.25, 0.3) is 5.91 Å². The van der Waals surface area contributed by atoms with Gasteiger partial charge < -0.3 is 16.2 Å². The molecule has 1 amide bonds. The third kappa shape index (κ3) is 1.66. The Balaban J connectivity index is 2.39. The number of carbonyl (C=O) groups excluding carboxylic acids is 1. The van der Waals surface area contributed by atoms with Crippen molar-refractivity contribution in [3.63, 3.8) is 0 Å². The number of benzene rings is 1. The van der Waals surface area contributed by atoms with E-state index in [2.05, 4.69) is 0 Å². The normalized spacial score (nSPS) is 24.1. The van der Waals surface area contributed by atoms with E-state index in [1.165, 1.54) is 6.07 Å². The Morgan fingerprint density at radius 2 is 2.27 bits per heavy atom. The third-order valence-corrected chi connectivity index (χ3v) is 2.42. The van der Waals surface area contributed by atoms with Gasteiger partial charge in [-0.15, -0.1) is 0 Å². The van der Waals surface area contributed by atoms with Gasteiger partial charge in [0, 0.05) is 0 Å². The van der Waals surface area contributed by atoms with E-state index >= 15 is 0 Å². The first-order valence-corrected chi connectivity index (χ1v) is 4.58. The number of rotatable bonds is 1. The van der Waals surface area contributed by atoms with Gasteiger partial charge in [0.2, 0.25) is 0 Å². The Labute approximate surface area is 86.0 Å². The van der Waals surface area contributed by atoms with Crippen LogP contribution >= 0.6 is 0 Å². The van der Waals surface area contributed by atoms with E-state index in [1.807, 2.05) is 0 Å². The highest BCUT2D eigenvalue weighted by molar-refractivity contribution is 5.80. The Morgan fingerprint density at radius 3 is 2.93 bits per heavy atom. The molecule has 0 saturated carbocycles. The van der Waals surface area contributed by atoms with Crippen molar-refractivity contribution in [1.82, 2.24) is 0 Å². The predicted molar refractivity (Wildman–Crippen MR) is 51.7 cm³/mol. The number of para-hydroxylation sites is 1. The first-order valence-electron chi connectivity index (χ1n) is 4.58. The Morgan fingerprint density at radius 1 is 1.53 bits per heavy atom. The quantitative estimate of drug-likeness (QED) is 0.681. The van der Waals surface area contributed by atoms with Gasteiger partial charge >= 0.3 is 0 Å². The fraction of sp³-hybridized carbons (Fsp3) is 0.300. The highest BCUT2D eigenvalue weighted by atomic mass is 19.1. The molecule has 0 aliphatic carbocycles. The number of amides is 1. The molecule has 0 spiro atoms. The van der Waals surface area contributed by atoms with Crippen molar-refractivity contribution in [2.75, 3.05) is 0 Å². The van der Waals surface area contributed by atoms with Crippen LogP contribution in [-0.4, -0.2) is 18.1 Å². The molecule has 2 rings (SSSR count). The second-order valence-corrected chi connectivity index (χ2v) is 3.54. The van der Waals surface area contributed by atoms with Crippen LogP contribution in [0, 0.1) is 5.82 Å². The van der Waals surface area contributed by atoms with Crippen LogP contribution in [0.2, 0.25) is 0 Å². The number of carbonyl (C=O) groups is 1. The van der Waals surface area contributed by atoms with E-state index in [0.717, 1.165) is 0 Å².